The number of fused-ring (bicyclic) bond motifs is 3. The van der Waals surface area contributed by atoms with E-state index in [0.717, 1.165) is 17.5 Å². The van der Waals surface area contributed by atoms with E-state index in [1.54, 1.807) is 6.07 Å². The lowest BCUT2D eigenvalue weighted by molar-refractivity contribution is 0.200. The van der Waals surface area contributed by atoms with Crippen LogP contribution in [-0.4, -0.2) is 6.09 Å². The molecule has 3 rings (SSSR count). The molecule has 0 saturated heterocycles. The van der Waals surface area contributed by atoms with E-state index >= 15 is 0 Å². The van der Waals surface area contributed by atoms with Crippen molar-refractivity contribution < 1.29 is 9.53 Å². The van der Waals surface area contributed by atoms with Crippen molar-refractivity contribution in [1.82, 2.24) is 5.43 Å². The molecular formula is C14H12N2O2. The first-order chi connectivity index (χ1) is 8.79. The molecule has 0 atom stereocenters. The number of hydrogen-bond donors (Lipinski definition) is 2. The minimum Gasteiger partial charge on any atom is -0.409 e. The van der Waals surface area contributed by atoms with Gasteiger partial charge >= 0.3 is 6.09 Å². The standard InChI is InChI=1S/C14H12N2O2/c15-16-14(17)18-13-7-3-6-11-10-5-2-1-4-9(10)8-12(11)13/h1-7H,8,15H2,(H,16,17). The van der Waals surface area contributed by atoms with Crippen LogP contribution in [0.3, 0.4) is 0 Å². The Labute approximate surface area is 104 Å². The Bertz CT molecular complexity index is 623. The maximum Gasteiger partial charge on any atom is 0.426 e. The van der Waals surface area contributed by atoms with Gasteiger partial charge < -0.3 is 4.74 Å². The summed E-state index contributed by atoms with van der Waals surface area (Å²) in [6, 6.07) is 13.9. The van der Waals surface area contributed by atoms with Crippen LogP contribution in [0.25, 0.3) is 11.1 Å². The van der Waals surface area contributed by atoms with Crippen LogP contribution in [0, 0.1) is 0 Å². The normalized spacial score (nSPS) is 11.6. The van der Waals surface area contributed by atoms with Crippen molar-refractivity contribution >= 4 is 6.09 Å². The molecule has 4 heteroatoms. The molecule has 1 aliphatic carbocycles. The number of hydrogen-bond acceptors (Lipinski definition) is 3. The fraction of sp³-hybridized carbons (Fsp3) is 0.0714. The van der Waals surface area contributed by atoms with Crippen LogP contribution >= 0.6 is 0 Å². The molecule has 1 amide bonds. The molecule has 18 heavy (non-hydrogen) atoms. The van der Waals surface area contributed by atoms with E-state index in [2.05, 4.69) is 12.1 Å². The van der Waals surface area contributed by atoms with E-state index in [0.29, 0.717) is 5.75 Å². The maximum absolute atomic E-state index is 11.2. The molecule has 0 aromatic heterocycles. The lowest BCUT2D eigenvalue weighted by atomic mass is 10.1. The van der Waals surface area contributed by atoms with E-state index in [-0.39, 0.29) is 0 Å². The first-order valence-electron chi connectivity index (χ1n) is 5.68. The quantitative estimate of drug-likeness (QED) is 0.389. The first kappa shape index (κ1) is 10.8. The first-order valence-corrected chi connectivity index (χ1v) is 5.68. The largest absolute Gasteiger partial charge is 0.426 e. The second-order valence-electron chi connectivity index (χ2n) is 4.15. The number of carbonyl (C=O) groups excluding carboxylic acids is 1. The third-order valence-electron chi connectivity index (χ3n) is 3.13. The lowest BCUT2D eigenvalue weighted by Gasteiger charge is -2.08. The van der Waals surface area contributed by atoms with Crippen LogP contribution in [0.2, 0.25) is 0 Å². The van der Waals surface area contributed by atoms with Crippen molar-refractivity contribution in [2.75, 3.05) is 0 Å². The Morgan fingerprint density at radius 3 is 2.72 bits per heavy atom. The molecule has 4 nitrogen and oxygen atoms in total. The van der Waals surface area contributed by atoms with Gasteiger partial charge in [0.05, 0.1) is 0 Å². The summed E-state index contributed by atoms with van der Waals surface area (Å²) < 4.78 is 5.16. The summed E-state index contributed by atoms with van der Waals surface area (Å²) in [5, 5.41) is 0. The summed E-state index contributed by atoms with van der Waals surface area (Å²) >= 11 is 0. The molecule has 0 spiro atoms. The number of rotatable bonds is 1. The van der Waals surface area contributed by atoms with Crippen molar-refractivity contribution in [1.29, 1.82) is 0 Å². The molecule has 0 saturated carbocycles. The van der Waals surface area contributed by atoms with Crippen LogP contribution < -0.4 is 16.0 Å². The molecular weight excluding hydrogens is 228 g/mol. The molecule has 90 valence electrons. The minimum atomic E-state index is -0.653. The molecule has 1 aliphatic rings. The number of hydrazine groups is 1. The molecule has 3 N–H and O–H groups in total. The highest BCUT2D eigenvalue weighted by molar-refractivity contribution is 5.80. The topological polar surface area (TPSA) is 64.3 Å². The molecule has 0 unspecified atom stereocenters. The van der Waals surface area contributed by atoms with E-state index in [4.69, 9.17) is 10.6 Å². The van der Waals surface area contributed by atoms with Gasteiger partial charge in [0.15, 0.2) is 0 Å². The van der Waals surface area contributed by atoms with Crippen LogP contribution in [0.15, 0.2) is 42.5 Å². The Morgan fingerprint density at radius 1 is 1.11 bits per heavy atom. The highest BCUT2D eigenvalue weighted by Crippen LogP contribution is 2.40. The number of ether oxygens (including phenoxy) is 1. The van der Waals surface area contributed by atoms with Crippen LogP contribution in [0.1, 0.15) is 11.1 Å². The molecule has 0 fully saturated rings. The molecule has 0 bridgehead atoms. The van der Waals surface area contributed by atoms with E-state index in [9.17, 15) is 4.79 Å². The van der Waals surface area contributed by atoms with Gasteiger partial charge in [-0.3, -0.25) is 5.43 Å². The Hall–Kier alpha value is -2.33. The Balaban J connectivity index is 2.06. The third kappa shape index (κ3) is 1.63. The molecule has 0 aliphatic heterocycles. The molecule has 2 aromatic carbocycles. The van der Waals surface area contributed by atoms with Gasteiger partial charge in [-0.1, -0.05) is 36.4 Å². The van der Waals surface area contributed by atoms with Crippen molar-refractivity contribution in [3.05, 3.63) is 53.6 Å². The molecule has 0 radical (unpaired) electrons. The zero-order valence-corrected chi connectivity index (χ0v) is 9.64. The van der Waals surface area contributed by atoms with Crippen LogP contribution in [0.5, 0.6) is 5.75 Å². The van der Waals surface area contributed by atoms with Gasteiger partial charge in [-0.2, -0.15) is 0 Å². The van der Waals surface area contributed by atoms with Gasteiger partial charge in [-0.15, -0.1) is 0 Å². The third-order valence-corrected chi connectivity index (χ3v) is 3.13. The summed E-state index contributed by atoms with van der Waals surface area (Å²) in [4.78, 5) is 11.2. The van der Waals surface area contributed by atoms with Gasteiger partial charge in [-0.25, -0.2) is 10.6 Å². The number of carbonyl (C=O) groups is 1. The smallest absolute Gasteiger partial charge is 0.409 e. The van der Waals surface area contributed by atoms with Gasteiger partial charge in [0.25, 0.3) is 0 Å². The minimum absolute atomic E-state index is 0.562. The zero-order chi connectivity index (χ0) is 12.5. The van der Waals surface area contributed by atoms with Crippen LogP contribution in [0.4, 0.5) is 4.79 Å². The lowest BCUT2D eigenvalue weighted by Crippen LogP contribution is -2.33. The molecule has 2 aromatic rings. The van der Waals surface area contributed by atoms with Gasteiger partial charge in [0, 0.05) is 12.0 Å². The van der Waals surface area contributed by atoms with Crippen LogP contribution in [-0.2, 0) is 6.42 Å². The summed E-state index contributed by atoms with van der Waals surface area (Å²) in [5.74, 6) is 5.59. The average molecular weight is 240 g/mol. The fourth-order valence-corrected chi connectivity index (χ4v) is 2.35. The SMILES string of the molecule is NNC(=O)Oc1cccc2c1Cc1ccccc1-2. The predicted octanol–water partition coefficient (Wildman–Crippen LogP) is 2.22. The second-order valence-corrected chi connectivity index (χ2v) is 4.15. The van der Waals surface area contributed by atoms with E-state index in [1.165, 1.54) is 11.1 Å². The van der Waals surface area contributed by atoms with Crippen molar-refractivity contribution in [2.45, 2.75) is 6.42 Å². The number of amides is 1. The van der Waals surface area contributed by atoms with Crippen molar-refractivity contribution in [2.24, 2.45) is 5.84 Å². The van der Waals surface area contributed by atoms with Crippen molar-refractivity contribution in [3.8, 4) is 16.9 Å². The monoisotopic (exact) mass is 240 g/mol. The summed E-state index contributed by atoms with van der Waals surface area (Å²) in [6.45, 7) is 0. The highest BCUT2D eigenvalue weighted by Gasteiger charge is 2.22. The van der Waals surface area contributed by atoms with Crippen molar-refractivity contribution in [3.63, 3.8) is 0 Å². The maximum atomic E-state index is 11.2. The number of nitrogens with one attached hydrogen (secondary N) is 1. The van der Waals surface area contributed by atoms with Gasteiger partial charge in [0.2, 0.25) is 0 Å². The second kappa shape index (κ2) is 4.16. The molecule has 0 heterocycles. The highest BCUT2D eigenvalue weighted by atomic mass is 16.6. The van der Waals surface area contributed by atoms with Gasteiger partial charge in [-0.05, 0) is 22.8 Å². The van der Waals surface area contributed by atoms with E-state index in [1.807, 2.05) is 29.7 Å². The Morgan fingerprint density at radius 2 is 1.89 bits per heavy atom. The predicted molar refractivity (Wildman–Crippen MR) is 68.0 cm³/mol. The fourth-order valence-electron chi connectivity index (χ4n) is 2.35. The number of nitrogens with two attached hydrogens (primary N) is 1. The Kier molecular flexibility index (Phi) is 2.50. The number of benzene rings is 2. The average Bonchev–Trinajstić information content (AvgIpc) is 2.78. The van der Waals surface area contributed by atoms with E-state index < -0.39 is 6.09 Å². The zero-order valence-electron chi connectivity index (χ0n) is 9.64. The summed E-state index contributed by atoms with van der Waals surface area (Å²) in [6.07, 6.45) is 0.124. The summed E-state index contributed by atoms with van der Waals surface area (Å²) in [7, 11) is 0. The van der Waals surface area contributed by atoms with Gasteiger partial charge in [0.1, 0.15) is 5.75 Å². The summed E-state index contributed by atoms with van der Waals surface area (Å²) in [5.41, 5.74) is 6.56.